The summed E-state index contributed by atoms with van der Waals surface area (Å²) >= 11 is 0. The minimum Gasteiger partial charge on any atom is -0.480 e. The van der Waals surface area contributed by atoms with Crippen LogP contribution in [-0.2, 0) is 25.6 Å². The first-order valence-electron chi connectivity index (χ1n) is 9.49. The van der Waals surface area contributed by atoms with Gasteiger partial charge in [0.25, 0.3) is 0 Å². The van der Waals surface area contributed by atoms with Crippen molar-refractivity contribution in [3.63, 3.8) is 0 Å². The Hall–Kier alpha value is -2.94. The standard InChI is InChI=1S/C20H30N4O5/c1-12(2)9-15(21)18(26)24-16(10-14-7-5-4-6-8-14)19(27)22-11-17(25)23-13(3)20(28)29/h4-8,12-13,15-16H,9-11,21H2,1-3H3,(H,22,27)(H,23,25)(H,24,26)(H,28,29). The summed E-state index contributed by atoms with van der Waals surface area (Å²) in [5.74, 6) is -2.61. The Labute approximate surface area is 170 Å². The molecule has 0 saturated carbocycles. The first-order valence-corrected chi connectivity index (χ1v) is 9.49. The number of hydrogen-bond donors (Lipinski definition) is 5. The van der Waals surface area contributed by atoms with Crippen LogP contribution < -0.4 is 21.7 Å². The summed E-state index contributed by atoms with van der Waals surface area (Å²) in [5, 5.41) is 16.1. The third-order valence-electron chi connectivity index (χ3n) is 4.15. The SMILES string of the molecule is CC(C)CC(N)C(=O)NC(Cc1ccccc1)C(=O)NCC(=O)NC(C)C(=O)O. The molecule has 3 unspecified atom stereocenters. The fourth-order valence-electron chi connectivity index (χ4n) is 2.60. The maximum atomic E-state index is 12.6. The zero-order valence-electron chi connectivity index (χ0n) is 17.0. The predicted octanol–water partition coefficient (Wildman–Crippen LogP) is -0.207. The van der Waals surface area contributed by atoms with Crippen molar-refractivity contribution in [3.8, 4) is 0 Å². The number of hydrogen-bond acceptors (Lipinski definition) is 5. The molecule has 0 heterocycles. The summed E-state index contributed by atoms with van der Waals surface area (Å²) in [6.07, 6.45) is 0.695. The predicted molar refractivity (Wildman–Crippen MR) is 108 cm³/mol. The van der Waals surface area contributed by atoms with Crippen molar-refractivity contribution in [2.24, 2.45) is 11.7 Å². The van der Waals surface area contributed by atoms with Crippen molar-refractivity contribution in [2.45, 2.75) is 51.7 Å². The van der Waals surface area contributed by atoms with Crippen LogP contribution in [0.5, 0.6) is 0 Å². The van der Waals surface area contributed by atoms with Crippen molar-refractivity contribution in [1.29, 1.82) is 0 Å². The van der Waals surface area contributed by atoms with Crippen molar-refractivity contribution in [3.05, 3.63) is 35.9 Å². The number of carbonyl (C=O) groups excluding carboxylic acids is 3. The van der Waals surface area contributed by atoms with Crippen LogP contribution in [0.25, 0.3) is 0 Å². The molecule has 3 atom stereocenters. The zero-order chi connectivity index (χ0) is 22.0. The maximum Gasteiger partial charge on any atom is 0.325 e. The van der Waals surface area contributed by atoms with Gasteiger partial charge in [-0.3, -0.25) is 19.2 Å². The van der Waals surface area contributed by atoms with Gasteiger partial charge in [-0.25, -0.2) is 0 Å². The maximum absolute atomic E-state index is 12.6. The molecule has 0 fully saturated rings. The smallest absolute Gasteiger partial charge is 0.325 e. The average molecular weight is 406 g/mol. The molecule has 0 aliphatic heterocycles. The van der Waals surface area contributed by atoms with Crippen molar-refractivity contribution in [2.75, 3.05) is 6.54 Å². The Morgan fingerprint density at radius 3 is 2.17 bits per heavy atom. The second-order valence-corrected chi connectivity index (χ2v) is 7.33. The topological polar surface area (TPSA) is 151 Å². The second kappa shape index (κ2) is 11.8. The Morgan fingerprint density at radius 2 is 1.62 bits per heavy atom. The highest BCUT2D eigenvalue weighted by Gasteiger charge is 2.25. The van der Waals surface area contributed by atoms with Crippen LogP contribution in [0.2, 0.25) is 0 Å². The summed E-state index contributed by atoms with van der Waals surface area (Å²) in [6, 6.07) is 6.36. The molecule has 1 aromatic carbocycles. The summed E-state index contributed by atoms with van der Waals surface area (Å²) in [6.45, 7) is 4.79. The van der Waals surface area contributed by atoms with Gasteiger partial charge in [-0.1, -0.05) is 44.2 Å². The average Bonchev–Trinajstić information content (AvgIpc) is 2.65. The van der Waals surface area contributed by atoms with E-state index in [9.17, 15) is 19.2 Å². The molecular formula is C20H30N4O5. The molecule has 0 spiro atoms. The lowest BCUT2D eigenvalue weighted by atomic mass is 10.0. The van der Waals surface area contributed by atoms with Crippen LogP contribution in [0, 0.1) is 5.92 Å². The third-order valence-corrected chi connectivity index (χ3v) is 4.15. The molecule has 0 bridgehead atoms. The van der Waals surface area contributed by atoms with Crippen molar-refractivity contribution in [1.82, 2.24) is 16.0 Å². The molecule has 1 rings (SSSR count). The van der Waals surface area contributed by atoms with Crippen LogP contribution >= 0.6 is 0 Å². The molecule has 0 radical (unpaired) electrons. The fourth-order valence-corrected chi connectivity index (χ4v) is 2.60. The molecule has 9 nitrogen and oxygen atoms in total. The van der Waals surface area contributed by atoms with Gasteiger partial charge in [0.15, 0.2) is 0 Å². The number of benzene rings is 1. The molecular weight excluding hydrogens is 376 g/mol. The number of nitrogens with one attached hydrogen (secondary N) is 3. The third kappa shape index (κ3) is 9.20. The molecule has 6 N–H and O–H groups in total. The van der Waals surface area contributed by atoms with E-state index in [1.807, 2.05) is 44.2 Å². The summed E-state index contributed by atoms with van der Waals surface area (Å²) in [4.78, 5) is 47.6. The van der Waals surface area contributed by atoms with Crippen LogP contribution in [0.4, 0.5) is 0 Å². The Balaban J connectivity index is 2.76. The van der Waals surface area contributed by atoms with Gasteiger partial charge in [0.05, 0.1) is 12.6 Å². The minimum atomic E-state index is -1.18. The van der Waals surface area contributed by atoms with Crippen LogP contribution in [0.3, 0.4) is 0 Å². The number of rotatable bonds is 11. The first kappa shape index (κ1) is 24.1. The zero-order valence-corrected chi connectivity index (χ0v) is 17.0. The van der Waals surface area contributed by atoms with Gasteiger partial charge in [0, 0.05) is 6.42 Å². The monoisotopic (exact) mass is 406 g/mol. The van der Waals surface area contributed by atoms with Gasteiger partial charge in [0.2, 0.25) is 17.7 Å². The number of carbonyl (C=O) groups is 4. The molecule has 0 saturated heterocycles. The van der Waals surface area contributed by atoms with Crippen LogP contribution in [0.1, 0.15) is 32.8 Å². The first-order chi connectivity index (χ1) is 13.6. The summed E-state index contributed by atoms with van der Waals surface area (Å²) in [5.41, 5.74) is 6.73. The van der Waals surface area contributed by atoms with Crippen LogP contribution in [-0.4, -0.2) is 53.5 Å². The van der Waals surface area contributed by atoms with E-state index in [1.165, 1.54) is 6.92 Å². The van der Waals surface area contributed by atoms with E-state index >= 15 is 0 Å². The Bertz CT molecular complexity index is 708. The van der Waals surface area contributed by atoms with Gasteiger partial charge in [-0.2, -0.15) is 0 Å². The van der Waals surface area contributed by atoms with Crippen LogP contribution in [0.15, 0.2) is 30.3 Å². The lowest BCUT2D eigenvalue weighted by Gasteiger charge is -2.21. The lowest BCUT2D eigenvalue weighted by Crippen LogP contribution is -2.54. The lowest BCUT2D eigenvalue weighted by molar-refractivity contribution is -0.141. The van der Waals surface area contributed by atoms with E-state index < -0.39 is 48.4 Å². The van der Waals surface area contributed by atoms with Gasteiger partial charge in [0.1, 0.15) is 12.1 Å². The Kier molecular flexibility index (Phi) is 9.81. The van der Waals surface area contributed by atoms with Gasteiger partial charge >= 0.3 is 5.97 Å². The number of nitrogens with two attached hydrogens (primary N) is 1. The highest BCUT2D eigenvalue weighted by molar-refractivity contribution is 5.92. The highest BCUT2D eigenvalue weighted by Crippen LogP contribution is 2.06. The van der Waals surface area contributed by atoms with E-state index in [4.69, 9.17) is 10.8 Å². The fraction of sp³-hybridized carbons (Fsp3) is 0.500. The van der Waals surface area contributed by atoms with E-state index in [0.29, 0.717) is 6.42 Å². The van der Waals surface area contributed by atoms with E-state index in [0.717, 1.165) is 5.56 Å². The minimum absolute atomic E-state index is 0.220. The molecule has 29 heavy (non-hydrogen) atoms. The largest absolute Gasteiger partial charge is 0.480 e. The van der Waals surface area contributed by atoms with Crippen molar-refractivity contribution >= 4 is 23.7 Å². The molecule has 0 aliphatic carbocycles. The summed E-state index contributed by atoms with van der Waals surface area (Å²) < 4.78 is 0. The molecule has 9 heteroatoms. The molecule has 1 aromatic rings. The van der Waals surface area contributed by atoms with Gasteiger partial charge in [-0.05, 0) is 24.8 Å². The number of carboxylic acid groups (broad SMARTS) is 1. The van der Waals surface area contributed by atoms with Crippen molar-refractivity contribution < 1.29 is 24.3 Å². The molecule has 0 aliphatic rings. The van der Waals surface area contributed by atoms with E-state index in [2.05, 4.69) is 16.0 Å². The van der Waals surface area contributed by atoms with Gasteiger partial charge in [-0.15, -0.1) is 0 Å². The molecule has 160 valence electrons. The Morgan fingerprint density at radius 1 is 1.00 bits per heavy atom. The molecule has 0 aromatic heterocycles. The number of aliphatic carboxylic acids is 1. The van der Waals surface area contributed by atoms with Gasteiger partial charge < -0.3 is 26.8 Å². The highest BCUT2D eigenvalue weighted by atomic mass is 16.4. The molecule has 3 amide bonds. The summed E-state index contributed by atoms with van der Waals surface area (Å²) in [7, 11) is 0. The van der Waals surface area contributed by atoms with E-state index in [-0.39, 0.29) is 12.3 Å². The number of amides is 3. The number of carboxylic acids is 1. The quantitative estimate of drug-likeness (QED) is 0.343. The normalized spacial score (nSPS) is 13.8. The van der Waals surface area contributed by atoms with E-state index in [1.54, 1.807) is 0 Å². The second-order valence-electron chi connectivity index (χ2n) is 7.33.